The minimum Gasteiger partial charge on any atom is -0.491 e. The van der Waals surface area contributed by atoms with E-state index in [0.29, 0.717) is 24.3 Å². The molecule has 0 fully saturated rings. The summed E-state index contributed by atoms with van der Waals surface area (Å²) < 4.78 is 10.9. The number of aliphatic hydroxyl groups excluding tert-OH is 2. The van der Waals surface area contributed by atoms with Crippen LogP contribution < -0.4 is 10.1 Å². The van der Waals surface area contributed by atoms with Crippen LogP contribution in [0.15, 0.2) is 48.5 Å². The van der Waals surface area contributed by atoms with Gasteiger partial charge in [0.2, 0.25) is 0 Å². The highest BCUT2D eigenvalue weighted by Crippen LogP contribution is 2.25. The molecule has 2 rings (SSSR count). The van der Waals surface area contributed by atoms with E-state index < -0.39 is 12.2 Å². The van der Waals surface area contributed by atoms with Crippen LogP contribution in [0.1, 0.15) is 30.1 Å². The highest BCUT2D eigenvalue weighted by molar-refractivity contribution is 5.84. The standard InChI is InChI=1S/C20H25NO5/c1-15-4-8-17(9-5-15)21-20(24)26-19(3-2-12-22)16-6-10-18(11-7-16)25-14-13-23/h4-11,19,22-23H,2-3,12-14H2,1H3,(H,21,24)/t19-/m1/s1. The molecule has 0 unspecified atom stereocenters. The van der Waals surface area contributed by atoms with Crippen LogP contribution in [0, 0.1) is 6.92 Å². The lowest BCUT2D eigenvalue weighted by molar-refractivity contribution is 0.0994. The zero-order chi connectivity index (χ0) is 18.8. The van der Waals surface area contributed by atoms with Gasteiger partial charge in [-0.05, 0) is 49.6 Å². The number of amides is 1. The lowest BCUT2D eigenvalue weighted by atomic mass is 10.0. The number of rotatable bonds is 9. The number of hydrogen-bond acceptors (Lipinski definition) is 5. The minimum atomic E-state index is -0.544. The molecule has 1 atom stereocenters. The summed E-state index contributed by atoms with van der Waals surface area (Å²) in [6, 6.07) is 14.6. The predicted octanol–water partition coefficient (Wildman–Crippen LogP) is 3.43. The SMILES string of the molecule is Cc1ccc(NC(=O)O[C@H](CCCO)c2ccc(OCCO)cc2)cc1. The van der Waals surface area contributed by atoms with Crippen molar-refractivity contribution < 1.29 is 24.5 Å². The second-order valence-corrected chi connectivity index (χ2v) is 5.89. The normalized spacial score (nSPS) is 11.7. The number of carbonyl (C=O) groups is 1. The lowest BCUT2D eigenvalue weighted by Gasteiger charge is -2.19. The van der Waals surface area contributed by atoms with Crippen molar-refractivity contribution in [2.45, 2.75) is 25.9 Å². The summed E-state index contributed by atoms with van der Waals surface area (Å²) in [5.74, 6) is 0.632. The molecular formula is C20H25NO5. The Morgan fingerprint density at radius 3 is 2.35 bits per heavy atom. The molecule has 140 valence electrons. The van der Waals surface area contributed by atoms with Gasteiger partial charge in [0.05, 0.1) is 6.61 Å². The molecule has 0 saturated carbocycles. The summed E-state index contributed by atoms with van der Waals surface area (Å²) >= 11 is 0. The van der Waals surface area contributed by atoms with Crippen molar-refractivity contribution in [1.29, 1.82) is 0 Å². The van der Waals surface area contributed by atoms with Gasteiger partial charge in [0.25, 0.3) is 0 Å². The fourth-order valence-electron chi connectivity index (χ4n) is 2.43. The third kappa shape index (κ3) is 6.38. The number of aliphatic hydroxyl groups is 2. The number of nitrogens with one attached hydrogen (secondary N) is 1. The van der Waals surface area contributed by atoms with Gasteiger partial charge in [0.15, 0.2) is 0 Å². The number of hydrogen-bond donors (Lipinski definition) is 3. The molecule has 0 aliphatic rings. The predicted molar refractivity (Wildman–Crippen MR) is 99.4 cm³/mol. The van der Waals surface area contributed by atoms with E-state index in [1.807, 2.05) is 43.3 Å². The number of aryl methyl sites for hydroxylation is 1. The van der Waals surface area contributed by atoms with Crippen LogP contribution in [0.5, 0.6) is 5.75 Å². The Balaban J connectivity index is 2.01. The Morgan fingerprint density at radius 2 is 1.73 bits per heavy atom. The molecule has 0 radical (unpaired) electrons. The molecule has 6 nitrogen and oxygen atoms in total. The Bertz CT molecular complexity index is 670. The topological polar surface area (TPSA) is 88.0 Å². The van der Waals surface area contributed by atoms with E-state index in [2.05, 4.69) is 5.32 Å². The van der Waals surface area contributed by atoms with E-state index in [0.717, 1.165) is 11.1 Å². The van der Waals surface area contributed by atoms with E-state index in [1.54, 1.807) is 12.1 Å². The molecule has 2 aromatic carbocycles. The zero-order valence-electron chi connectivity index (χ0n) is 14.9. The highest BCUT2D eigenvalue weighted by atomic mass is 16.6. The van der Waals surface area contributed by atoms with Crippen LogP contribution in [0.25, 0.3) is 0 Å². The van der Waals surface area contributed by atoms with Gasteiger partial charge in [-0.2, -0.15) is 0 Å². The van der Waals surface area contributed by atoms with Crippen molar-refractivity contribution >= 4 is 11.8 Å². The Hall–Kier alpha value is -2.57. The monoisotopic (exact) mass is 359 g/mol. The summed E-state index contributed by atoms with van der Waals surface area (Å²) in [4.78, 5) is 12.2. The molecule has 0 aliphatic carbocycles. The lowest BCUT2D eigenvalue weighted by Crippen LogP contribution is -2.18. The van der Waals surface area contributed by atoms with E-state index >= 15 is 0 Å². The van der Waals surface area contributed by atoms with Crippen molar-refractivity contribution in [3.05, 3.63) is 59.7 Å². The number of benzene rings is 2. The quantitative estimate of drug-likeness (QED) is 0.638. The summed E-state index contributed by atoms with van der Waals surface area (Å²) in [7, 11) is 0. The average Bonchev–Trinajstić information content (AvgIpc) is 2.66. The molecule has 0 aromatic heterocycles. The number of anilines is 1. The average molecular weight is 359 g/mol. The molecule has 2 aromatic rings. The Labute approximate surface area is 153 Å². The Kier molecular flexibility index (Phi) is 7.92. The Morgan fingerprint density at radius 1 is 1.04 bits per heavy atom. The molecule has 0 aliphatic heterocycles. The smallest absolute Gasteiger partial charge is 0.412 e. The van der Waals surface area contributed by atoms with Gasteiger partial charge in [-0.15, -0.1) is 0 Å². The van der Waals surface area contributed by atoms with Crippen molar-refractivity contribution in [3.8, 4) is 5.75 Å². The van der Waals surface area contributed by atoms with Crippen molar-refractivity contribution in [2.24, 2.45) is 0 Å². The molecule has 6 heteroatoms. The first-order chi connectivity index (χ1) is 12.6. The fourth-order valence-corrected chi connectivity index (χ4v) is 2.43. The number of carbonyl (C=O) groups excluding carboxylic acids is 1. The minimum absolute atomic E-state index is 0.0249. The maximum absolute atomic E-state index is 12.2. The third-order valence-corrected chi connectivity index (χ3v) is 3.78. The summed E-state index contributed by atoms with van der Waals surface area (Å²) in [6.45, 7) is 2.17. The van der Waals surface area contributed by atoms with Gasteiger partial charge >= 0.3 is 6.09 Å². The number of ether oxygens (including phenoxy) is 2. The van der Waals surface area contributed by atoms with Gasteiger partial charge in [0, 0.05) is 12.3 Å². The van der Waals surface area contributed by atoms with Gasteiger partial charge in [-0.3, -0.25) is 5.32 Å². The maximum atomic E-state index is 12.2. The van der Waals surface area contributed by atoms with Gasteiger partial charge in [-0.25, -0.2) is 4.79 Å². The van der Waals surface area contributed by atoms with E-state index in [9.17, 15) is 4.79 Å². The second-order valence-electron chi connectivity index (χ2n) is 5.89. The summed E-state index contributed by atoms with van der Waals surface area (Å²) in [5, 5.41) is 20.6. The molecule has 1 amide bonds. The third-order valence-electron chi connectivity index (χ3n) is 3.78. The second kappa shape index (κ2) is 10.4. The molecule has 0 heterocycles. The van der Waals surface area contributed by atoms with Crippen molar-refractivity contribution in [2.75, 3.05) is 25.1 Å². The van der Waals surface area contributed by atoms with E-state index in [1.165, 1.54) is 0 Å². The van der Waals surface area contributed by atoms with Crippen LogP contribution in [-0.2, 0) is 4.74 Å². The first-order valence-corrected chi connectivity index (χ1v) is 8.61. The van der Waals surface area contributed by atoms with E-state index in [4.69, 9.17) is 19.7 Å². The first-order valence-electron chi connectivity index (χ1n) is 8.61. The summed E-state index contributed by atoms with van der Waals surface area (Å²) in [5.41, 5.74) is 2.58. The zero-order valence-corrected chi connectivity index (χ0v) is 14.9. The molecule has 0 spiro atoms. The van der Waals surface area contributed by atoms with Crippen LogP contribution in [0.2, 0.25) is 0 Å². The van der Waals surface area contributed by atoms with Gasteiger partial charge < -0.3 is 19.7 Å². The van der Waals surface area contributed by atoms with Crippen LogP contribution >= 0.6 is 0 Å². The van der Waals surface area contributed by atoms with Gasteiger partial charge in [-0.1, -0.05) is 29.8 Å². The maximum Gasteiger partial charge on any atom is 0.412 e. The molecular weight excluding hydrogens is 334 g/mol. The molecule has 0 bridgehead atoms. The highest BCUT2D eigenvalue weighted by Gasteiger charge is 2.17. The van der Waals surface area contributed by atoms with Gasteiger partial charge in [0.1, 0.15) is 18.5 Å². The molecule has 3 N–H and O–H groups in total. The van der Waals surface area contributed by atoms with Crippen LogP contribution in [0.3, 0.4) is 0 Å². The van der Waals surface area contributed by atoms with Crippen molar-refractivity contribution in [3.63, 3.8) is 0 Å². The van der Waals surface area contributed by atoms with E-state index in [-0.39, 0.29) is 19.8 Å². The fraction of sp³-hybridized carbons (Fsp3) is 0.350. The molecule has 26 heavy (non-hydrogen) atoms. The molecule has 0 saturated heterocycles. The summed E-state index contributed by atoms with van der Waals surface area (Å²) in [6.07, 6.45) is 0.0109. The largest absolute Gasteiger partial charge is 0.491 e. The van der Waals surface area contributed by atoms with Crippen molar-refractivity contribution in [1.82, 2.24) is 0 Å². The van der Waals surface area contributed by atoms with Crippen LogP contribution in [0.4, 0.5) is 10.5 Å². The first kappa shape index (κ1) is 19.8. The van der Waals surface area contributed by atoms with Crippen LogP contribution in [-0.4, -0.2) is 36.1 Å².